The summed E-state index contributed by atoms with van der Waals surface area (Å²) in [4.78, 5) is 11.9. The Hall–Kier alpha value is -1.64. The Labute approximate surface area is 160 Å². The first kappa shape index (κ1) is 20.1. The molecule has 1 saturated heterocycles. The molecule has 7 nitrogen and oxygen atoms in total. The van der Waals surface area contributed by atoms with Crippen molar-refractivity contribution in [1.29, 1.82) is 0 Å². The van der Waals surface area contributed by atoms with Crippen LogP contribution in [0.2, 0.25) is 0 Å². The van der Waals surface area contributed by atoms with Crippen molar-refractivity contribution in [3.8, 4) is 5.75 Å². The van der Waals surface area contributed by atoms with Crippen molar-refractivity contribution in [2.45, 2.75) is 55.6 Å². The van der Waals surface area contributed by atoms with Crippen LogP contribution in [0.1, 0.15) is 38.5 Å². The van der Waals surface area contributed by atoms with Gasteiger partial charge in [0.25, 0.3) is 0 Å². The van der Waals surface area contributed by atoms with Gasteiger partial charge in [-0.15, -0.1) is 0 Å². The number of hydrogen-bond acceptors (Lipinski definition) is 6. The second-order valence-corrected chi connectivity index (χ2v) is 9.18. The lowest BCUT2D eigenvalue weighted by atomic mass is 9.90. The van der Waals surface area contributed by atoms with Crippen molar-refractivity contribution in [3.05, 3.63) is 24.3 Å². The van der Waals surface area contributed by atoms with Crippen molar-refractivity contribution in [2.75, 3.05) is 20.3 Å². The van der Waals surface area contributed by atoms with Gasteiger partial charge in [0.15, 0.2) is 0 Å². The molecule has 150 valence electrons. The third kappa shape index (κ3) is 4.62. The number of carbonyl (C=O) groups is 1. The Kier molecular flexibility index (Phi) is 6.39. The van der Waals surface area contributed by atoms with Gasteiger partial charge in [0.1, 0.15) is 11.8 Å². The molecule has 2 aliphatic rings. The minimum atomic E-state index is -3.91. The topological polar surface area (TPSA) is 93.1 Å². The largest absolute Gasteiger partial charge is 0.493 e. The van der Waals surface area contributed by atoms with Crippen molar-refractivity contribution >= 4 is 16.0 Å². The van der Waals surface area contributed by atoms with Crippen molar-refractivity contribution in [1.82, 2.24) is 4.31 Å². The average molecular weight is 397 g/mol. The number of sulfonamides is 1. The van der Waals surface area contributed by atoms with E-state index in [2.05, 4.69) is 4.74 Å². The standard InChI is InChI=1S/C19H27NO6S/c1-25-19(22)18-11-15(21)12-20(18)27(23,24)17-9-7-16(8-10-17)26-13-14-5-3-2-4-6-14/h7-10,14-15,18,21H,2-6,11-13H2,1H3/t15-,18-/m0/s1. The quantitative estimate of drug-likeness (QED) is 0.738. The number of nitrogens with zero attached hydrogens (tertiary/aromatic N) is 1. The van der Waals surface area contributed by atoms with E-state index in [-0.39, 0.29) is 17.9 Å². The molecular formula is C19H27NO6S. The number of aliphatic hydroxyl groups excluding tert-OH is 1. The molecule has 3 rings (SSSR count). The predicted octanol–water partition coefficient (Wildman–Crippen LogP) is 1.94. The third-order valence-corrected chi connectivity index (χ3v) is 7.24. The van der Waals surface area contributed by atoms with Gasteiger partial charge in [-0.2, -0.15) is 4.31 Å². The number of esters is 1. The fourth-order valence-corrected chi connectivity index (χ4v) is 5.44. The molecule has 1 aromatic rings. The number of benzene rings is 1. The maximum Gasteiger partial charge on any atom is 0.324 e. The third-order valence-electron chi connectivity index (χ3n) is 5.35. The van der Waals surface area contributed by atoms with Crippen molar-refractivity contribution in [3.63, 3.8) is 0 Å². The van der Waals surface area contributed by atoms with Crippen molar-refractivity contribution < 1.29 is 27.8 Å². The number of hydrogen-bond donors (Lipinski definition) is 1. The number of methoxy groups -OCH3 is 1. The summed E-state index contributed by atoms with van der Waals surface area (Å²) in [7, 11) is -2.71. The molecule has 0 radical (unpaired) electrons. The van der Waals surface area contributed by atoms with Crippen LogP contribution in [0.3, 0.4) is 0 Å². The van der Waals surface area contributed by atoms with Crippen LogP contribution in [0.25, 0.3) is 0 Å². The Morgan fingerprint density at radius 2 is 1.85 bits per heavy atom. The normalized spacial score (nSPS) is 24.7. The van der Waals surface area contributed by atoms with E-state index in [0.717, 1.165) is 4.31 Å². The summed E-state index contributed by atoms with van der Waals surface area (Å²) in [6.45, 7) is 0.525. The fourth-order valence-electron chi connectivity index (χ4n) is 3.81. The van der Waals surface area contributed by atoms with Gasteiger partial charge in [-0.05, 0) is 43.0 Å². The van der Waals surface area contributed by atoms with Crippen LogP contribution >= 0.6 is 0 Å². The van der Waals surface area contributed by atoms with E-state index in [4.69, 9.17) is 4.74 Å². The maximum absolute atomic E-state index is 12.9. The molecule has 0 bridgehead atoms. The minimum absolute atomic E-state index is 0.0362. The molecule has 2 fully saturated rings. The highest BCUT2D eigenvalue weighted by molar-refractivity contribution is 7.89. The van der Waals surface area contributed by atoms with Crippen LogP contribution in [0.15, 0.2) is 29.2 Å². The van der Waals surface area contributed by atoms with E-state index in [0.29, 0.717) is 18.3 Å². The van der Waals surface area contributed by atoms with Gasteiger partial charge >= 0.3 is 5.97 Å². The van der Waals surface area contributed by atoms with Gasteiger partial charge in [-0.3, -0.25) is 4.79 Å². The summed E-state index contributed by atoms with van der Waals surface area (Å²) >= 11 is 0. The van der Waals surface area contributed by atoms with E-state index in [1.807, 2.05) is 0 Å². The monoisotopic (exact) mass is 397 g/mol. The van der Waals surface area contributed by atoms with E-state index in [1.54, 1.807) is 12.1 Å². The smallest absolute Gasteiger partial charge is 0.324 e. The number of β-amino-alcohol motifs (C(OH)–C–C–N with tert-alkyl or cyclic N) is 1. The molecule has 1 aliphatic carbocycles. The summed E-state index contributed by atoms with van der Waals surface area (Å²) < 4.78 is 37.3. The van der Waals surface area contributed by atoms with Crippen molar-refractivity contribution in [2.24, 2.45) is 5.92 Å². The molecule has 8 heteroatoms. The molecule has 1 aromatic carbocycles. The first-order chi connectivity index (χ1) is 12.9. The van der Waals surface area contributed by atoms with Crippen LogP contribution in [0.4, 0.5) is 0 Å². The summed E-state index contributed by atoms with van der Waals surface area (Å²) in [5.41, 5.74) is 0. The molecule has 1 heterocycles. The van der Waals surface area contributed by atoms with Gasteiger partial charge in [0, 0.05) is 13.0 Å². The number of ether oxygens (including phenoxy) is 2. The number of carbonyl (C=O) groups excluding carboxylic acids is 1. The molecule has 1 saturated carbocycles. The lowest BCUT2D eigenvalue weighted by Gasteiger charge is -2.23. The highest BCUT2D eigenvalue weighted by Crippen LogP contribution is 2.29. The zero-order valence-electron chi connectivity index (χ0n) is 15.5. The molecule has 0 amide bonds. The minimum Gasteiger partial charge on any atom is -0.493 e. The van der Waals surface area contributed by atoms with Gasteiger partial charge < -0.3 is 14.6 Å². The second kappa shape index (κ2) is 8.58. The lowest BCUT2D eigenvalue weighted by Crippen LogP contribution is -2.41. The summed E-state index contributed by atoms with van der Waals surface area (Å²) in [5, 5.41) is 9.83. The summed E-state index contributed by atoms with van der Waals surface area (Å²) in [6, 6.07) is 5.22. The van der Waals surface area contributed by atoms with Crippen LogP contribution in [0, 0.1) is 5.92 Å². The zero-order chi connectivity index (χ0) is 19.4. The Morgan fingerprint density at radius 3 is 2.48 bits per heavy atom. The molecular weight excluding hydrogens is 370 g/mol. The first-order valence-corrected chi connectivity index (χ1v) is 10.9. The Balaban J connectivity index is 1.68. The molecule has 1 N–H and O–H groups in total. The highest BCUT2D eigenvalue weighted by atomic mass is 32.2. The molecule has 0 aromatic heterocycles. The Bertz CT molecular complexity index is 742. The molecule has 27 heavy (non-hydrogen) atoms. The van der Waals surface area contributed by atoms with Crippen LogP contribution in [0.5, 0.6) is 5.75 Å². The Morgan fingerprint density at radius 1 is 1.19 bits per heavy atom. The van der Waals surface area contributed by atoms with E-state index < -0.39 is 28.1 Å². The summed E-state index contributed by atoms with van der Waals surface area (Å²) in [6.07, 6.45) is 5.29. The van der Waals surface area contributed by atoms with E-state index >= 15 is 0 Å². The number of aliphatic hydroxyl groups is 1. The molecule has 2 atom stereocenters. The van der Waals surface area contributed by atoms with E-state index in [9.17, 15) is 18.3 Å². The SMILES string of the molecule is COC(=O)[C@@H]1C[C@H](O)CN1S(=O)(=O)c1ccc(OCC2CCCCC2)cc1. The van der Waals surface area contributed by atoms with Gasteiger partial charge in [-0.1, -0.05) is 19.3 Å². The van der Waals surface area contributed by atoms with Crippen LogP contribution in [-0.2, 0) is 19.6 Å². The van der Waals surface area contributed by atoms with E-state index in [1.165, 1.54) is 51.3 Å². The zero-order valence-corrected chi connectivity index (χ0v) is 16.4. The fraction of sp³-hybridized carbons (Fsp3) is 0.632. The molecule has 0 spiro atoms. The first-order valence-electron chi connectivity index (χ1n) is 9.42. The highest BCUT2D eigenvalue weighted by Gasteiger charge is 2.44. The average Bonchev–Trinajstić information content (AvgIpc) is 3.09. The van der Waals surface area contributed by atoms with Gasteiger partial charge in [0.2, 0.25) is 10.0 Å². The van der Waals surface area contributed by atoms with Gasteiger partial charge in [-0.25, -0.2) is 8.42 Å². The maximum atomic E-state index is 12.9. The lowest BCUT2D eigenvalue weighted by molar-refractivity contribution is -0.144. The molecule has 0 unspecified atom stereocenters. The van der Waals surface area contributed by atoms with Gasteiger partial charge in [0.05, 0.1) is 24.7 Å². The van der Waals surface area contributed by atoms with Crippen LogP contribution < -0.4 is 4.74 Å². The summed E-state index contributed by atoms with van der Waals surface area (Å²) in [5.74, 6) is 0.530. The van der Waals surface area contributed by atoms with Crippen LogP contribution in [-0.4, -0.2) is 56.2 Å². The predicted molar refractivity (Wildman–Crippen MR) is 98.8 cm³/mol. The molecule has 1 aliphatic heterocycles. The second-order valence-electron chi connectivity index (χ2n) is 7.29. The number of rotatable bonds is 6.